The molecule has 2 rings (SSSR count). The van der Waals surface area contributed by atoms with Crippen molar-refractivity contribution >= 4 is 17.6 Å². The fraction of sp³-hybridized carbons (Fsp3) is 0.368. The molecule has 0 aliphatic heterocycles. The molecule has 0 aliphatic carbocycles. The van der Waals surface area contributed by atoms with E-state index in [1.165, 1.54) is 26.4 Å². The van der Waals surface area contributed by atoms with Gasteiger partial charge in [0.2, 0.25) is 10.0 Å². The quantitative estimate of drug-likeness (QED) is 0.566. The predicted molar refractivity (Wildman–Crippen MR) is 108 cm³/mol. The van der Waals surface area contributed by atoms with Gasteiger partial charge >= 0.3 is 7.60 Å². The first kappa shape index (κ1) is 22.7. The van der Waals surface area contributed by atoms with Crippen molar-refractivity contribution in [2.24, 2.45) is 0 Å². The standard InChI is InChI=1S/C19H26NO6PS/c1-15-9-11-17(12-10-15)28(23,24)20-18(13-16-7-5-4-6-8-16)19(21)14-27(22,25-2)26-3/h4-12,18-21H,13-14H2,1-3H3/t18-,19+/m0/s1. The molecule has 0 saturated heterocycles. The van der Waals surface area contributed by atoms with Crippen LogP contribution in [0, 0.1) is 6.92 Å². The second-order valence-corrected chi connectivity index (χ2v) is 10.5. The molecule has 9 heteroatoms. The van der Waals surface area contributed by atoms with Crippen LogP contribution in [0.1, 0.15) is 11.1 Å². The number of hydrogen-bond donors (Lipinski definition) is 2. The Labute approximate surface area is 166 Å². The molecule has 154 valence electrons. The Kier molecular flexibility index (Phi) is 7.95. The van der Waals surface area contributed by atoms with Crippen molar-refractivity contribution in [1.82, 2.24) is 4.72 Å². The summed E-state index contributed by atoms with van der Waals surface area (Å²) in [5.74, 6) is 0. The van der Waals surface area contributed by atoms with E-state index in [0.717, 1.165) is 11.1 Å². The van der Waals surface area contributed by atoms with E-state index >= 15 is 0 Å². The molecule has 2 aromatic rings. The Morgan fingerprint density at radius 2 is 1.61 bits per heavy atom. The molecular weight excluding hydrogens is 401 g/mol. The molecule has 0 fully saturated rings. The Morgan fingerprint density at radius 3 is 2.14 bits per heavy atom. The van der Waals surface area contributed by atoms with Crippen LogP contribution in [-0.2, 0) is 30.1 Å². The van der Waals surface area contributed by atoms with E-state index in [1.54, 1.807) is 12.1 Å². The molecule has 0 radical (unpaired) electrons. The van der Waals surface area contributed by atoms with Gasteiger partial charge in [-0.2, -0.15) is 0 Å². The maximum absolute atomic E-state index is 12.8. The molecule has 2 atom stereocenters. The van der Waals surface area contributed by atoms with Crippen LogP contribution >= 0.6 is 7.60 Å². The molecule has 7 nitrogen and oxygen atoms in total. The third kappa shape index (κ3) is 6.24. The molecule has 28 heavy (non-hydrogen) atoms. The van der Waals surface area contributed by atoms with Crippen LogP contribution < -0.4 is 4.72 Å². The van der Waals surface area contributed by atoms with Gasteiger partial charge in [0.05, 0.1) is 23.2 Å². The van der Waals surface area contributed by atoms with Gasteiger partial charge in [-0.15, -0.1) is 0 Å². The van der Waals surface area contributed by atoms with Crippen molar-refractivity contribution in [3.63, 3.8) is 0 Å². The van der Waals surface area contributed by atoms with Crippen molar-refractivity contribution < 1.29 is 27.1 Å². The van der Waals surface area contributed by atoms with Crippen LogP contribution in [0.2, 0.25) is 0 Å². The van der Waals surface area contributed by atoms with Crippen LogP contribution in [0.5, 0.6) is 0 Å². The number of aliphatic hydroxyl groups excluding tert-OH is 1. The van der Waals surface area contributed by atoms with E-state index in [2.05, 4.69) is 4.72 Å². The normalized spacial score (nSPS) is 14.6. The number of nitrogens with one attached hydrogen (secondary N) is 1. The SMILES string of the molecule is COP(=O)(C[C@@H](O)[C@H](Cc1ccccc1)NS(=O)(=O)c1ccc(C)cc1)OC. The zero-order chi connectivity index (χ0) is 20.8. The summed E-state index contributed by atoms with van der Waals surface area (Å²) >= 11 is 0. The molecule has 0 bridgehead atoms. The molecule has 0 aliphatic rings. The predicted octanol–water partition coefficient (Wildman–Crippen LogP) is 2.73. The molecule has 0 heterocycles. The van der Waals surface area contributed by atoms with E-state index in [-0.39, 0.29) is 17.5 Å². The highest BCUT2D eigenvalue weighted by Gasteiger charge is 2.33. The minimum Gasteiger partial charge on any atom is -0.391 e. The van der Waals surface area contributed by atoms with E-state index < -0.39 is 29.8 Å². The second-order valence-electron chi connectivity index (χ2n) is 6.46. The fourth-order valence-corrected chi connectivity index (χ4v) is 5.12. The van der Waals surface area contributed by atoms with Gasteiger partial charge in [0, 0.05) is 14.2 Å². The highest BCUT2D eigenvalue weighted by Crippen LogP contribution is 2.47. The molecule has 2 aromatic carbocycles. The topological polar surface area (TPSA) is 102 Å². The van der Waals surface area contributed by atoms with E-state index in [9.17, 15) is 18.1 Å². The van der Waals surface area contributed by atoms with Crippen molar-refractivity contribution in [3.8, 4) is 0 Å². The lowest BCUT2D eigenvalue weighted by atomic mass is 10.0. The molecular formula is C19H26NO6PS. The zero-order valence-electron chi connectivity index (χ0n) is 16.1. The fourth-order valence-electron chi connectivity index (χ4n) is 2.69. The average Bonchev–Trinajstić information content (AvgIpc) is 2.68. The van der Waals surface area contributed by atoms with Crippen LogP contribution in [0.15, 0.2) is 59.5 Å². The largest absolute Gasteiger partial charge is 0.391 e. The van der Waals surface area contributed by atoms with E-state index in [4.69, 9.17) is 9.05 Å². The lowest BCUT2D eigenvalue weighted by Gasteiger charge is -2.26. The summed E-state index contributed by atoms with van der Waals surface area (Å²) in [5.41, 5.74) is 1.75. The van der Waals surface area contributed by atoms with Gasteiger partial charge in [0.25, 0.3) is 0 Å². The zero-order valence-corrected chi connectivity index (χ0v) is 17.8. The van der Waals surface area contributed by atoms with Gasteiger partial charge < -0.3 is 14.2 Å². The smallest absolute Gasteiger partial charge is 0.332 e. The van der Waals surface area contributed by atoms with Gasteiger partial charge in [0.15, 0.2) is 0 Å². The first-order chi connectivity index (χ1) is 13.2. The number of aliphatic hydroxyl groups is 1. The Balaban J connectivity index is 2.29. The molecule has 0 amide bonds. The summed E-state index contributed by atoms with van der Waals surface area (Å²) in [6.07, 6.45) is -1.42. The first-order valence-electron chi connectivity index (χ1n) is 8.70. The van der Waals surface area contributed by atoms with Crippen LogP contribution in [0.4, 0.5) is 0 Å². The Morgan fingerprint density at radius 1 is 1.04 bits per heavy atom. The molecule has 0 aromatic heterocycles. The number of aryl methyl sites for hydroxylation is 1. The number of hydrogen-bond acceptors (Lipinski definition) is 6. The third-order valence-corrected chi connectivity index (χ3v) is 7.81. The molecule has 2 N–H and O–H groups in total. The highest BCUT2D eigenvalue weighted by molar-refractivity contribution is 7.89. The number of rotatable bonds is 10. The molecule has 0 saturated carbocycles. The van der Waals surface area contributed by atoms with Crippen molar-refractivity contribution in [1.29, 1.82) is 0 Å². The summed E-state index contributed by atoms with van der Waals surface area (Å²) in [6, 6.07) is 14.6. The summed E-state index contributed by atoms with van der Waals surface area (Å²) in [6.45, 7) is 1.86. The Hall–Kier alpha value is -1.54. The summed E-state index contributed by atoms with van der Waals surface area (Å²) in [4.78, 5) is 0.0880. The van der Waals surface area contributed by atoms with Crippen molar-refractivity contribution in [3.05, 3.63) is 65.7 Å². The molecule has 0 spiro atoms. The first-order valence-corrected chi connectivity index (χ1v) is 11.9. The second kappa shape index (κ2) is 9.78. The van der Waals surface area contributed by atoms with Crippen LogP contribution in [0.25, 0.3) is 0 Å². The van der Waals surface area contributed by atoms with Gasteiger partial charge in [-0.1, -0.05) is 48.0 Å². The van der Waals surface area contributed by atoms with E-state index in [0.29, 0.717) is 0 Å². The summed E-state index contributed by atoms with van der Waals surface area (Å²) < 4.78 is 50.3. The summed E-state index contributed by atoms with van der Waals surface area (Å²) in [5, 5.41) is 10.7. The van der Waals surface area contributed by atoms with Crippen molar-refractivity contribution in [2.45, 2.75) is 30.4 Å². The van der Waals surface area contributed by atoms with Crippen LogP contribution in [-0.4, -0.2) is 46.1 Å². The van der Waals surface area contributed by atoms with Crippen LogP contribution in [0.3, 0.4) is 0 Å². The maximum atomic E-state index is 12.8. The Bertz CT molecular complexity index is 894. The van der Waals surface area contributed by atoms with Gasteiger partial charge in [-0.3, -0.25) is 4.57 Å². The minimum atomic E-state index is -3.89. The number of sulfonamides is 1. The number of benzene rings is 2. The third-order valence-electron chi connectivity index (χ3n) is 4.37. The summed E-state index contributed by atoms with van der Waals surface area (Å²) in [7, 11) is -4.97. The van der Waals surface area contributed by atoms with Gasteiger partial charge in [0.1, 0.15) is 0 Å². The monoisotopic (exact) mass is 427 g/mol. The minimum absolute atomic E-state index is 0.0880. The lowest BCUT2D eigenvalue weighted by molar-refractivity contribution is 0.146. The van der Waals surface area contributed by atoms with Gasteiger partial charge in [-0.25, -0.2) is 13.1 Å². The average molecular weight is 427 g/mol. The van der Waals surface area contributed by atoms with Gasteiger partial charge in [-0.05, 0) is 31.0 Å². The lowest BCUT2D eigenvalue weighted by Crippen LogP contribution is -2.46. The highest BCUT2D eigenvalue weighted by atomic mass is 32.2. The molecule has 0 unspecified atom stereocenters. The van der Waals surface area contributed by atoms with Crippen molar-refractivity contribution in [2.75, 3.05) is 20.4 Å². The van der Waals surface area contributed by atoms with E-state index in [1.807, 2.05) is 37.3 Å². The maximum Gasteiger partial charge on any atom is 0.332 e.